The molecule has 6 heteroatoms. The van der Waals surface area contributed by atoms with E-state index in [1.54, 1.807) is 18.0 Å². The first-order valence-corrected chi connectivity index (χ1v) is 9.38. The molecule has 1 amide bonds. The van der Waals surface area contributed by atoms with Crippen LogP contribution in [0.5, 0.6) is 5.75 Å². The van der Waals surface area contributed by atoms with Crippen molar-refractivity contribution < 1.29 is 18.4 Å². The normalized spacial score (nSPS) is 11.0. The number of amides is 1. The smallest absolute Gasteiger partial charge is 0.287 e. The van der Waals surface area contributed by atoms with E-state index >= 15 is 0 Å². The highest BCUT2D eigenvalue weighted by Crippen LogP contribution is 2.28. The maximum atomic E-state index is 12.4. The first-order chi connectivity index (χ1) is 12.2. The Balaban J connectivity index is 1.57. The zero-order valence-electron chi connectivity index (χ0n) is 14.3. The molecular formula is C19H21NO4S. The van der Waals surface area contributed by atoms with Crippen LogP contribution in [0.25, 0.3) is 11.0 Å². The maximum Gasteiger partial charge on any atom is 0.287 e. The van der Waals surface area contributed by atoms with Gasteiger partial charge in [-0.15, -0.1) is 0 Å². The highest BCUT2D eigenvalue weighted by molar-refractivity contribution is 7.98. The van der Waals surface area contributed by atoms with Crippen molar-refractivity contribution in [2.45, 2.75) is 19.6 Å². The molecule has 0 fully saturated rings. The lowest BCUT2D eigenvalue weighted by Gasteiger charge is -2.03. The van der Waals surface area contributed by atoms with Gasteiger partial charge in [0, 0.05) is 23.2 Å². The predicted octanol–water partition coefficient (Wildman–Crippen LogP) is 4.40. The molecule has 3 aromatic rings. The Labute approximate surface area is 150 Å². The summed E-state index contributed by atoms with van der Waals surface area (Å²) < 4.78 is 16.5. The fourth-order valence-electron chi connectivity index (χ4n) is 2.56. The Morgan fingerprint density at radius 2 is 2.20 bits per heavy atom. The summed E-state index contributed by atoms with van der Waals surface area (Å²) in [7, 11) is 0. The van der Waals surface area contributed by atoms with Crippen molar-refractivity contribution in [3.63, 3.8) is 0 Å². The number of aryl methyl sites for hydroxylation is 1. The van der Waals surface area contributed by atoms with E-state index in [0.29, 0.717) is 24.5 Å². The van der Waals surface area contributed by atoms with E-state index in [2.05, 4.69) is 5.32 Å². The minimum Gasteiger partial charge on any atom is -0.494 e. The third kappa shape index (κ3) is 4.20. The van der Waals surface area contributed by atoms with Gasteiger partial charge in [0.25, 0.3) is 5.91 Å². The molecule has 0 saturated carbocycles. The summed E-state index contributed by atoms with van der Waals surface area (Å²) >= 11 is 1.71. The van der Waals surface area contributed by atoms with E-state index in [1.807, 2.05) is 44.2 Å². The van der Waals surface area contributed by atoms with E-state index < -0.39 is 0 Å². The van der Waals surface area contributed by atoms with Crippen molar-refractivity contribution in [2.24, 2.45) is 0 Å². The zero-order chi connectivity index (χ0) is 17.6. The van der Waals surface area contributed by atoms with Gasteiger partial charge in [-0.05, 0) is 44.2 Å². The molecule has 0 aliphatic rings. The lowest BCUT2D eigenvalue weighted by atomic mass is 10.1. The van der Waals surface area contributed by atoms with Crippen molar-refractivity contribution >= 4 is 28.6 Å². The molecule has 5 nitrogen and oxygen atoms in total. The molecule has 0 aliphatic heterocycles. The van der Waals surface area contributed by atoms with Gasteiger partial charge in [-0.25, -0.2) is 0 Å². The molecule has 0 radical (unpaired) electrons. The summed E-state index contributed by atoms with van der Waals surface area (Å²) in [6.07, 6.45) is 1.67. The molecular weight excluding hydrogens is 338 g/mol. The van der Waals surface area contributed by atoms with Gasteiger partial charge >= 0.3 is 0 Å². The van der Waals surface area contributed by atoms with Gasteiger partial charge in [0.2, 0.25) is 0 Å². The quantitative estimate of drug-likeness (QED) is 0.604. The molecule has 0 atom stereocenters. The maximum absolute atomic E-state index is 12.4. The second-order valence-corrected chi connectivity index (χ2v) is 6.64. The number of thioether (sulfide) groups is 1. The third-order valence-corrected chi connectivity index (χ3v) is 4.76. The van der Waals surface area contributed by atoms with E-state index in [9.17, 15) is 4.79 Å². The fraction of sp³-hybridized carbons (Fsp3) is 0.316. The first-order valence-electron chi connectivity index (χ1n) is 8.23. The summed E-state index contributed by atoms with van der Waals surface area (Å²) in [6.45, 7) is 5.01. The van der Waals surface area contributed by atoms with Gasteiger partial charge in [0.15, 0.2) is 5.76 Å². The number of benzene rings is 1. The minimum absolute atomic E-state index is 0.190. The zero-order valence-corrected chi connectivity index (χ0v) is 15.2. The van der Waals surface area contributed by atoms with Gasteiger partial charge in [-0.3, -0.25) is 4.79 Å². The van der Waals surface area contributed by atoms with Crippen molar-refractivity contribution in [1.82, 2.24) is 5.32 Å². The fourth-order valence-corrected chi connectivity index (χ4v) is 3.31. The SMILES string of the molecule is CCOc1ccc2oc(C(=O)NCCSCc3ccco3)c(C)c2c1. The van der Waals surface area contributed by atoms with Gasteiger partial charge in [-0.2, -0.15) is 11.8 Å². The molecule has 25 heavy (non-hydrogen) atoms. The van der Waals surface area contributed by atoms with Gasteiger partial charge in [0.1, 0.15) is 17.1 Å². The Kier molecular flexibility index (Phi) is 5.71. The number of furan rings is 2. The van der Waals surface area contributed by atoms with Crippen LogP contribution >= 0.6 is 11.8 Å². The first kappa shape index (κ1) is 17.5. The molecule has 1 aromatic carbocycles. The third-order valence-electron chi connectivity index (χ3n) is 3.78. The number of hydrogen-bond donors (Lipinski definition) is 1. The topological polar surface area (TPSA) is 64.6 Å². The van der Waals surface area contributed by atoms with E-state index in [0.717, 1.165) is 34.0 Å². The molecule has 0 bridgehead atoms. The van der Waals surface area contributed by atoms with E-state index in [-0.39, 0.29) is 5.91 Å². The number of ether oxygens (including phenoxy) is 1. The number of carbonyl (C=O) groups excluding carboxylic acids is 1. The van der Waals surface area contributed by atoms with Crippen LogP contribution in [0.2, 0.25) is 0 Å². The highest BCUT2D eigenvalue weighted by Gasteiger charge is 2.17. The summed E-state index contributed by atoms with van der Waals surface area (Å²) in [5.41, 5.74) is 1.52. The largest absolute Gasteiger partial charge is 0.494 e. The Morgan fingerprint density at radius 1 is 1.32 bits per heavy atom. The number of nitrogens with one attached hydrogen (secondary N) is 1. The van der Waals surface area contributed by atoms with Crippen molar-refractivity contribution in [1.29, 1.82) is 0 Å². The lowest BCUT2D eigenvalue weighted by Crippen LogP contribution is -2.25. The second kappa shape index (κ2) is 8.16. The molecule has 0 spiro atoms. The summed E-state index contributed by atoms with van der Waals surface area (Å²) in [6, 6.07) is 9.41. The molecule has 1 N–H and O–H groups in total. The standard InChI is InChI=1S/C19H21NO4S/c1-3-22-14-6-7-17-16(11-14)13(2)18(24-17)19(21)20-8-10-25-12-15-5-4-9-23-15/h4-7,9,11H,3,8,10,12H2,1-2H3,(H,20,21). The molecule has 3 rings (SSSR count). The average molecular weight is 359 g/mol. The Bertz CT molecular complexity index is 839. The summed E-state index contributed by atoms with van der Waals surface area (Å²) in [5.74, 6) is 3.49. The summed E-state index contributed by atoms with van der Waals surface area (Å²) in [5, 5.41) is 3.81. The second-order valence-electron chi connectivity index (χ2n) is 5.54. The van der Waals surface area contributed by atoms with Crippen LogP contribution in [-0.4, -0.2) is 24.8 Å². The Morgan fingerprint density at radius 3 is 2.96 bits per heavy atom. The average Bonchev–Trinajstić information content (AvgIpc) is 3.23. The molecule has 0 aliphatic carbocycles. The lowest BCUT2D eigenvalue weighted by molar-refractivity contribution is 0.0930. The molecule has 0 unspecified atom stereocenters. The van der Waals surface area contributed by atoms with Gasteiger partial charge in [0.05, 0.1) is 18.6 Å². The number of hydrogen-bond acceptors (Lipinski definition) is 5. The molecule has 2 heterocycles. The van der Waals surface area contributed by atoms with Crippen LogP contribution in [0.15, 0.2) is 45.4 Å². The highest BCUT2D eigenvalue weighted by atomic mass is 32.2. The van der Waals surface area contributed by atoms with Crippen molar-refractivity contribution in [3.8, 4) is 5.75 Å². The Hall–Kier alpha value is -2.34. The number of fused-ring (bicyclic) bond motifs is 1. The van der Waals surface area contributed by atoms with Crippen molar-refractivity contribution in [3.05, 3.63) is 53.7 Å². The summed E-state index contributed by atoms with van der Waals surface area (Å²) in [4.78, 5) is 12.4. The van der Waals surface area contributed by atoms with Crippen molar-refractivity contribution in [2.75, 3.05) is 18.9 Å². The van der Waals surface area contributed by atoms with Crippen LogP contribution in [0.4, 0.5) is 0 Å². The van der Waals surface area contributed by atoms with Crippen LogP contribution in [0.3, 0.4) is 0 Å². The number of carbonyl (C=O) groups is 1. The molecule has 132 valence electrons. The van der Waals surface area contributed by atoms with Gasteiger partial charge < -0.3 is 18.9 Å². The van der Waals surface area contributed by atoms with E-state index in [4.69, 9.17) is 13.6 Å². The molecule has 0 saturated heterocycles. The molecule has 2 aromatic heterocycles. The minimum atomic E-state index is -0.190. The van der Waals surface area contributed by atoms with Crippen LogP contribution in [0.1, 0.15) is 28.8 Å². The van der Waals surface area contributed by atoms with Crippen LogP contribution < -0.4 is 10.1 Å². The van der Waals surface area contributed by atoms with E-state index in [1.165, 1.54) is 0 Å². The van der Waals surface area contributed by atoms with Crippen LogP contribution in [0, 0.1) is 6.92 Å². The monoisotopic (exact) mass is 359 g/mol. The predicted molar refractivity (Wildman–Crippen MR) is 99.3 cm³/mol. The number of rotatable bonds is 8. The van der Waals surface area contributed by atoms with Crippen LogP contribution in [-0.2, 0) is 5.75 Å². The van der Waals surface area contributed by atoms with Gasteiger partial charge in [-0.1, -0.05) is 0 Å².